The van der Waals surface area contributed by atoms with E-state index in [9.17, 15) is 9.90 Å². The summed E-state index contributed by atoms with van der Waals surface area (Å²) in [7, 11) is 3.25. The van der Waals surface area contributed by atoms with Gasteiger partial charge in [0.05, 0.1) is 30.0 Å². The summed E-state index contributed by atoms with van der Waals surface area (Å²) in [6.45, 7) is 0.695. The number of nitrogens with zero attached hydrogens (tertiary/aromatic N) is 1. The van der Waals surface area contributed by atoms with Gasteiger partial charge in [0.1, 0.15) is 0 Å². The van der Waals surface area contributed by atoms with Crippen molar-refractivity contribution in [3.05, 3.63) is 28.2 Å². The predicted octanol–water partition coefficient (Wildman–Crippen LogP) is 1.87. The Morgan fingerprint density at radius 1 is 1.50 bits per heavy atom. The number of ether oxygens (including phenoxy) is 1. The average molecular weight is 321 g/mol. The molecule has 7 heteroatoms. The van der Waals surface area contributed by atoms with E-state index >= 15 is 0 Å². The molecule has 0 fully saturated rings. The Hall–Kier alpha value is -0.850. The van der Waals surface area contributed by atoms with E-state index in [-0.39, 0.29) is 19.1 Å². The number of amides is 1. The van der Waals surface area contributed by atoms with Gasteiger partial charge in [-0.3, -0.25) is 9.69 Å². The Balaban J connectivity index is 2.49. The molecule has 0 aliphatic carbocycles. The number of benzene rings is 1. The molecule has 20 heavy (non-hydrogen) atoms. The minimum absolute atomic E-state index is 0.129. The number of aliphatic hydroxyl groups excluding tert-OH is 1. The summed E-state index contributed by atoms with van der Waals surface area (Å²) >= 11 is 11.8. The molecule has 1 unspecified atom stereocenters. The molecule has 0 radical (unpaired) electrons. The van der Waals surface area contributed by atoms with Crippen molar-refractivity contribution in [1.29, 1.82) is 0 Å². The number of halogens is 2. The molecular formula is C13H18Cl2N2O3. The Morgan fingerprint density at radius 3 is 2.85 bits per heavy atom. The van der Waals surface area contributed by atoms with Crippen LogP contribution in [0.15, 0.2) is 18.2 Å². The quantitative estimate of drug-likeness (QED) is 0.805. The van der Waals surface area contributed by atoms with Crippen molar-refractivity contribution < 1.29 is 14.6 Å². The summed E-state index contributed by atoms with van der Waals surface area (Å²) in [4.78, 5) is 13.6. The average Bonchev–Trinajstić information content (AvgIpc) is 2.33. The first-order chi connectivity index (χ1) is 9.42. The van der Waals surface area contributed by atoms with Gasteiger partial charge in [0.2, 0.25) is 5.91 Å². The molecule has 5 nitrogen and oxygen atoms in total. The Bertz CT molecular complexity index is 457. The molecule has 1 rings (SSSR count). The van der Waals surface area contributed by atoms with Crippen molar-refractivity contribution in [2.45, 2.75) is 6.10 Å². The van der Waals surface area contributed by atoms with Crippen LogP contribution in [0.5, 0.6) is 0 Å². The summed E-state index contributed by atoms with van der Waals surface area (Å²) < 4.78 is 4.82. The first-order valence-electron chi connectivity index (χ1n) is 6.02. The van der Waals surface area contributed by atoms with Gasteiger partial charge in [-0.1, -0.05) is 23.2 Å². The standard InChI is InChI=1S/C13H18Cl2N2O3/c1-17(6-10(18)8-20-2)7-13(19)16-12-5-9(14)3-4-11(12)15/h3-5,10,18H,6-8H2,1-2H3,(H,16,19). The van der Waals surface area contributed by atoms with Crippen LogP contribution in [0.4, 0.5) is 5.69 Å². The summed E-state index contributed by atoms with van der Waals surface area (Å²) in [6, 6.07) is 4.85. The molecule has 112 valence electrons. The highest BCUT2D eigenvalue weighted by molar-refractivity contribution is 6.35. The number of hydrogen-bond acceptors (Lipinski definition) is 4. The maximum Gasteiger partial charge on any atom is 0.238 e. The van der Waals surface area contributed by atoms with Crippen molar-refractivity contribution in [2.75, 3.05) is 39.2 Å². The van der Waals surface area contributed by atoms with Gasteiger partial charge in [-0.15, -0.1) is 0 Å². The van der Waals surface area contributed by atoms with Gasteiger partial charge >= 0.3 is 0 Å². The lowest BCUT2D eigenvalue weighted by Crippen LogP contribution is -2.37. The van der Waals surface area contributed by atoms with Crippen LogP contribution in [-0.2, 0) is 9.53 Å². The highest BCUT2D eigenvalue weighted by Crippen LogP contribution is 2.25. The number of nitrogens with one attached hydrogen (secondary N) is 1. The van der Waals surface area contributed by atoms with Gasteiger partial charge in [-0.05, 0) is 25.2 Å². The molecule has 0 aliphatic heterocycles. The number of rotatable bonds is 7. The number of carbonyl (C=O) groups is 1. The van der Waals surface area contributed by atoms with Crippen LogP contribution in [-0.4, -0.2) is 55.9 Å². The summed E-state index contributed by atoms with van der Waals surface area (Å²) in [5, 5.41) is 13.2. The van der Waals surface area contributed by atoms with Crippen molar-refractivity contribution in [3.63, 3.8) is 0 Å². The second-order valence-electron chi connectivity index (χ2n) is 4.48. The maximum atomic E-state index is 11.9. The fourth-order valence-electron chi connectivity index (χ4n) is 1.70. The van der Waals surface area contributed by atoms with Crippen LogP contribution < -0.4 is 5.32 Å². The lowest BCUT2D eigenvalue weighted by molar-refractivity contribution is -0.117. The van der Waals surface area contributed by atoms with Crippen LogP contribution in [0.25, 0.3) is 0 Å². The van der Waals surface area contributed by atoms with Gasteiger partial charge in [-0.2, -0.15) is 0 Å². The number of carbonyl (C=O) groups excluding carboxylic acids is 1. The molecule has 0 aliphatic rings. The Morgan fingerprint density at radius 2 is 2.20 bits per heavy atom. The molecule has 1 atom stereocenters. The van der Waals surface area contributed by atoms with Gasteiger partial charge < -0.3 is 15.2 Å². The molecule has 0 bridgehead atoms. The third-order valence-electron chi connectivity index (χ3n) is 2.50. The molecular weight excluding hydrogens is 303 g/mol. The van der Waals surface area contributed by atoms with E-state index in [1.807, 2.05) is 0 Å². The number of hydrogen-bond donors (Lipinski definition) is 2. The molecule has 0 saturated heterocycles. The van der Waals surface area contributed by atoms with Crippen LogP contribution in [0.1, 0.15) is 0 Å². The number of likely N-dealkylation sites (N-methyl/N-ethyl adjacent to an activating group) is 1. The fourth-order valence-corrected chi connectivity index (χ4v) is 2.03. The monoisotopic (exact) mass is 320 g/mol. The molecule has 1 aromatic carbocycles. The summed E-state index contributed by atoms with van der Waals surface area (Å²) in [5.74, 6) is -0.235. The van der Waals surface area contributed by atoms with Crippen molar-refractivity contribution in [1.82, 2.24) is 4.90 Å². The maximum absolute atomic E-state index is 11.9. The number of methoxy groups -OCH3 is 1. The van der Waals surface area contributed by atoms with Gasteiger partial charge in [0, 0.05) is 18.7 Å². The Kier molecular flexibility index (Phi) is 7.26. The van der Waals surface area contributed by atoms with Crippen molar-refractivity contribution >= 4 is 34.8 Å². The van der Waals surface area contributed by atoms with Crippen molar-refractivity contribution in [3.8, 4) is 0 Å². The van der Waals surface area contributed by atoms with E-state index in [1.54, 1.807) is 30.1 Å². The normalized spacial score (nSPS) is 12.5. The highest BCUT2D eigenvalue weighted by atomic mass is 35.5. The van der Waals surface area contributed by atoms with Crippen molar-refractivity contribution in [2.24, 2.45) is 0 Å². The van der Waals surface area contributed by atoms with Gasteiger partial charge in [-0.25, -0.2) is 0 Å². The van der Waals surface area contributed by atoms with E-state index in [1.165, 1.54) is 7.11 Å². The second kappa shape index (κ2) is 8.44. The highest BCUT2D eigenvalue weighted by Gasteiger charge is 2.12. The van der Waals surface area contributed by atoms with E-state index in [4.69, 9.17) is 27.9 Å². The van der Waals surface area contributed by atoms with Crippen LogP contribution in [0.3, 0.4) is 0 Å². The molecule has 0 heterocycles. The third kappa shape index (κ3) is 6.07. The number of anilines is 1. The molecule has 2 N–H and O–H groups in total. The third-order valence-corrected chi connectivity index (χ3v) is 3.06. The lowest BCUT2D eigenvalue weighted by atomic mass is 10.3. The molecule has 0 saturated carbocycles. The number of aliphatic hydroxyl groups is 1. The molecule has 1 aromatic rings. The van der Waals surface area contributed by atoms with E-state index < -0.39 is 6.10 Å². The minimum atomic E-state index is -0.632. The zero-order chi connectivity index (χ0) is 15.1. The summed E-state index contributed by atoms with van der Waals surface area (Å²) in [5.41, 5.74) is 0.468. The SMILES string of the molecule is COCC(O)CN(C)CC(=O)Nc1cc(Cl)ccc1Cl. The zero-order valence-corrected chi connectivity index (χ0v) is 12.9. The zero-order valence-electron chi connectivity index (χ0n) is 11.4. The van der Waals surface area contributed by atoms with Crippen LogP contribution in [0, 0.1) is 0 Å². The first-order valence-corrected chi connectivity index (χ1v) is 6.78. The first kappa shape index (κ1) is 17.2. The lowest BCUT2D eigenvalue weighted by Gasteiger charge is -2.19. The molecule has 0 spiro atoms. The van der Waals surface area contributed by atoms with E-state index in [2.05, 4.69) is 5.32 Å². The van der Waals surface area contributed by atoms with E-state index in [0.29, 0.717) is 22.3 Å². The summed E-state index contributed by atoms with van der Waals surface area (Å²) in [6.07, 6.45) is -0.632. The predicted molar refractivity (Wildman–Crippen MR) is 80.5 cm³/mol. The van der Waals surface area contributed by atoms with Gasteiger partial charge in [0.25, 0.3) is 0 Å². The van der Waals surface area contributed by atoms with Crippen LogP contribution >= 0.6 is 23.2 Å². The smallest absolute Gasteiger partial charge is 0.238 e. The van der Waals surface area contributed by atoms with Gasteiger partial charge in [0.15, 0.2) is 0 Å². The topological polar surface area (TPSA) is 61.8 Å². The molecule has 1 amide bonds. The fraction of sp³-hybridized carbons (Fsp3) is 0.462. The van der Waals surface area contributed by atoms with Crippen LogP contribution in [0.2, 0.25) is 10.0 Å². The Labute approximate surface area is 128 Å². The second-order valence-corrected chi connectivity index (χ2v) is 5.32. The largest absolute Gasteiger partial charge is 0.389 e. The van der Waals surface area contributed by atoms with E-state index in [0.717, 1.165) is 0 Å². The minimum Gasteiger partial charge on any atom is -0.389 e. The molecule has 0 aromatic heterocycles.